The fourth-order valence-electron chi connectivity index (χ4n) is 4.74. The van der Waals surface area contributed by atoms with Gasteiger partial charge in [0.25, 0.3) is 5.91 Å². The Morgan fingerprint density at radius 3 is 2.57 bits per heavy atom. The van der Waals surface area contributed by atoms with Gasteiger partial charge in [-0.2, -0.15) is 0 Å². The van der Waals surface area contributed by atoms with Gasteiger partial charge in [-0.05, 0) is 61.2 Å². The average molecular weight is 472 g/mol. The van der Waals surface area contributed by atoms with E-state index >= 15 is 0 Å². The van der Waals surface area contributed by atoms with Gasteiger partial charge in [0.15, 0.2) is 6.04 Å². The fraction of sp³-hybridized carbons (Fsp3) is 0.333. The number of amides is 2. The van der Waals surface area contributed by atoms with Gasteiger partial charge in [0.1, 0.15) is 17.8 Å². The van der Waals surface area contributed by atoms with E-state index in [9.17, 15) is 9.59 Å². The Balaban J connectivity index is 1.53. The number of aryl methyl sites for hydroxylation is 1. The number of fused-ring (bicyclic) bond motifs is 1. The molecule has 8 heteroatoms. The minimum absolute atomic E-state index is 0.0655. The fourth-order valence-corrected chi connectivity index (χ4v) is 4.74. The van der Waals surface area contributed by atoms with Crippen molar-refractivity contribution >= 4 is 28.5 Å². The molecule has 0 radical (unpaired) electrons. The SMILES string of the molecule is CCc1ccc(N(C(=O)Cn2nnc3ccccc32)[C@H](C(=O)NC2CCCC2)c2ccco2)cc1. The minimum atomic E-state index is -0.944. The van der Waals surface area contributed by atoms with Gasteiger partial charge in [-0.1, -0.05) is 49.2 Å². The van der Waals surface area contributed by atoms with Crippen molar-refractivity contribution in [1.29, 1.82) is 0 Å². The first-order valence-electron chi connectivity index (χ1n) is 12.2. The van der Waals surface area contributed by atoms with Crippen LogP contribution in [0.15, 0.2) is 71.3 Å². The Hall–Kier alpha value is -3.94. The molecule has 1 atom stereocenters. The largest absolute Gasteiger partial charge is 0.467 e. The van der Waals surface area contributed by atoms with Crippen molar-refractivity contribution < 1.29 is 14.0 Å². The number of hydrogen-bond donors (Lipinski definition) is 1. The molecule has 2 heterocycles. The number of nitrogens with zero attached hydrogens (tertiary/aromatic N) is 4. The summed E-state index contributed by atoms with van der Waals surface area (Å²) in [5, 5.41) is 11.5. The second-order valence-corrected chi connectivity index (χ2v) is 8.93. The van der Waals surface area contributed by atoms with Gasteiger partial charge >= 0.3 is 0 Å². The Kier molecular flexibility index (Phi) is 6.61. The molecule has 4 aromatic rings. The lowest BCUT2D eigenvalue weighted by Gasteiger charge is -2.31. The highest BCUT2D eigenvalue weighted by Gasteiger charge is 2.36. The number of para-hydroxylation sites is 1. The smallest absolute Gasteiger partial charge is 0.251 e. The van der Waals surface area contributed by atoms with Crippen LogP contribution in [0.4, 0.5) is 5.69 Å². The lowest BCUT2D eigenvalue weighted by molar-refractivity contribution is -0.127. The average Bonchev–Trinajstić information content (AvgIpc) is 3.66. The number of rotatable bonds is 8. The molecule has 0 aliphatic heterocycles. The monoisotopic (exact) mass is 471 g/mol. The molecule has 180 valence electrons. The van der Waals surface area contributed by atoms with Crippen LogP contribution in [0.2, 0.25) is 0 Å². The van der Waals surface area contributed by atoms with Crippen molar-refractivity contribution in [2.75, 3.05) is 4.90 Å². The Labute approximate surface area is 203 Å². The first kappa shape index (κ1) is 22.8. The molecule has 1 fully saturated rings. The highest BCUT2D eigenvalue weighted by atomic mass is 16.3. The van der Waals surface area contributed by atoms with E-state index in [1.54, 1.807) is 16.8 Å². The molecule has 5 rings (SSSR count). The summed E-state index contributed by atoms with van der Waals surface area (Å²) in [5.41, 5.74) is 3.24. The third-order valence-corrected chi connectivity index (χ3v) is 6.62. The summed E-state index contributed by atoms with van der Waals surface area (Å²) in [6.07, 6.45) is 6.48. The normalized spacial score (nSPS) is 14.8. The van der Waals surface area contributed by atoms with E-state index in [4.69, 9.17) is 4.42 Å². The Morgan fingerprint density at radius 1 is 1.09 bits per heavy atom. The van der Waals surface area contributed by atoms with Crippen LogP contribution < -0.4 is 10.2 Å². The maximum atomic E-state index is 13.9. The van der Waals surface area contributed by atoms with Gasteiger partial charge in [0.2, 0.25) is 5.91 Å². The second kappa shape index (κ2) is 10.1. The summed E-state index contributed by atoms with van der Waals surface area (Å²) >= 11 is 0. The zero-order valence-corrected chi connectivity index (χ0v) is 19.8. The van der Waals surface area contributed by atoms with E-state index in [0.717, 1.165) is 43.2 Å². The van der Waals surface area contributed by atoms with E-state index < -0.39 is 6.04 Å². The van der Waals surface area contributed by atoms with E-state index in [0.29, 0.717) is 17.0 Å². The lowest BCUT2D eigenvalue weighted by atomic mass is 10.1. The molecule has 1 N–H and O–H groups in total. The third kappa shape index (κ3) is 4.82. The van der Waals surface area contributed by atoms with Crippen LogP contribution >= 0.6 is 0 Å². The molecule has 2 aromatic heterocycles. The first-order chi connectivity index (χ1) is 17.1. The summed E-state index contributed by atoms with van der Waals surface area (Å²) < 4.78 is 7.26. The van der Waals surface area contributed by atoms with Crippen molar-refractivity contribution in [3.05, 3.63) is 78.3 Å². The number of carbonyl (C=O) groups excluding carboxylic acids is 2. The van der Waals surface area contributed by atoms with E-state index in [1.807, 2.05) is 48.5 Å². The topological polar surface area (TPSA) is 93.3 Å². The number of hydrogen-bond acceptors (Lipinski definition) is 5. The molecule has 0 bridgehead atoms. The maximum absolute atomic E-state index is 13.9. The van der Waals surface area contributed by atoms with Crippen molar-refractivity contribution in [1.82, 2.24) is 20.3 Å². The molecule has 0 spiro atoms. The molecule has 1 aliphatic carbocycles. The molecule has 1 aliphatic rings. The van der Waals surface area contributed by atoms with E-state index in [2.05, 4.69) is 22.6 Å². The molecule has 0 unspecified atom stereocenters. The summed E-state index contributed by atoms with van der Waals surface area (Å²) in [6, 6.07) is 17.9. The lowest BCUT2D eigenvalue weighted by Crippen LogP contribution is -2.47. The highest BCUT2D eigenvalue weighted by molar-refractivity contribution is 6.01. The van der Waals surface area contributed by atoms with Crippen LogP contribution in [0.3, 0.4) is 0 Å². The summed E-state index contributed by atoms with van der Waals surface area (Å²) in [4.78, 5) is 29.1. The van der Waals surface area contributed by atoms with Crippen molar-refractivity contribution in [3.63, 3.8) is 0 Å². The molecule has 35 heavy (non-hydrogen) atoms. The number of aromatic nitrogens is 3. The molecule has 2 amide bonds. The van der Waals surface area contributed by atoms with Crippen molar-refractivity contribution in [3.8, 4) is 0 Å². The number of carbonyl (C=O) groups is 2. The number of furan rings is 1. The van der Waals surface area contributed by atoms with Gasteiger partial charge in [-0.3, -0.25) is 14.5 Å². The van der Waals surface area contributed by atoms with Crippen molar-refractivity contribution in [2.24, 2.45) is 0 Å². The summed E-state index contributed by atoms with van der Waals surface area (Å²) in [6.45, 7) is 2.01. The first-order valence-corrected chi connectivity index (χ1v) is 12.2. The van der Waals surface area contributed by atoms with Crippen LogP contribution in [0.25, 0.3) is 11.0 Å². The Morgan fingerprint density at radius 2 is 1.86 bits per heavy atom. The van der Waals surface area contributed by atoms with Gasteiger partial charge in [0, 0.05) is 11.7 Å². The minimum Gasteiger partial charge on any atom is -0.467 e. The van der Waals surface area contributed by atoms with Crippen LogP contribution in [0, 0.1) is 0 Å². The third-order valence-electron chi connectivity index (χ3n) is 6.62. The predicted octanol–water partition coefficient (Wildman–Crippen LogP) is 4.42. The molecule has 2 aromatic carbocycles. The van der Waals surface area contributed by atoms with Gasteiger partial charge in [-0.15, -0.1) is 5.10 Å². The molecule has 1 saturated carbocycles. The van der Waals surface area contributed by atoms with Crippen LogP contribution in [0.5, 0.6) is 0 Å². The summed E-state index contributed by atoms with van der Waals surface area (Å²) in [5.74, 6) is -0.118. The van der Waals surface area contributed by atoms with Crippen LogP contribution in [-0.4, -0.2) is 32.9 Å². The molecular weight excluding hydrogens is 442 g/mol. The highest BCUT2D eigenvalue weighted by Crippen LogP contribution is 2.30. The number of nitrogens with one attached hydrogen (secondary N) is 1. The second-order valence-electron chi connectivity index (χ2n) is 8.93. The Bertz CT molecular complexity index is 1290. The van der Waals surface area contributed by atoms with Gasteiger partial charge < -0.3 is 9.73 Å². The van der Waals surface area contributed by atoms with E-state index in [1.165, 1.54) is 11.2 Å². The van der Waals surface area contributed by atoms with Crippen LogP contribution in [-0.2, 0) is 22.6 Å². The van der Waals surface area contributed by atoms with Gasteiger partial charge in [0.05, 0.1) is 11.8 Å². The quantitative estimate of drug-likeness (QED) is 0.411. The molecular formula is C27H29N5O3. The maximum Gasteiger partial charge on any atom is 0.251 e. The van der Waals surface area contributed by atoms with Gasteiger partial charge in [-0.25, -0.2) is 4.68 Å². The molecule has 8 nitrogen and oxygen atoms in total. The summed E-state index contributed by atoms with van der Waals surface area (Å²) in [7, 11) is 0. The number of anilines is 1. The zero-order chi connectivity index (χ0) is 24.2. The standard InChI is InChI=1S/C27H29N5O3/c1-2-19-13-15-21(16-14-19)32(25(33)18-31-23-11-6-5-10-22(23)29-30-31)26(24-12-7-17-35-24)27(34)28-20-8-3-4-9-20/h5-7,10-17,20,26H,2-4,8-9,18H2,1H3,(H,28,34)/t26-/m0/s1. The van der Waals surface area contributed by atoms with Crippen molar-refractivity contribution in [2.45, 2.75) is 57.7 Å². The zero-order valence-electron chi connectivity index (χ0n) is 19.8. The van der Waals surface area contributed by atoms with Crippen LogP contribution in [0.1, 0.15) is 50.0 Å². The predicted molar refractivity (Wildman–Crippen MR) is 133 cm³/mol. The van der Waals surface area contributed by atoms with E-state index in [-0.39, 0.29) is 24.4 Å². The number of benzene rings is 2. The molecule has 0 saturated heterocycles.